The third kappa shape index (κ3) is 4.50. The first-order valence-electron chi connectivity index (χ1n) is 9.44. The second-order valence-electron chi connectivity index (χ2n) is 7.21. The van der Waals surface area contributed by atoms with Gasteiger partial charge < -0.3 is 15.0 Å². The molecule has 28 heavy (non-hydrogen) atoms. The highest BCUT2D eigenvalue weighted by atomic mass is 19.1. The molecule has 0 atom stereocenters. The van der Waals surface area contributed by atoms with Crippen LogP contribution in [0.1, 0.15) is 41.3 Å². The molecule has 148 valence electrons. The van der Waals surface area contributed by atoms with Crippen molar-refractivity contribution < 1.29 is 18.7 Å². The van der Waals surface area contributed by atoms with E-state index in [0.29, 0.717) is 31.6 Å². The van der Waals surface area contributed by atoms with Gasteiger partial charge in [-0.3, -0.25) is 9.59 Å². The number of rotatable bonds is 4. The summed E-state index contributed by atoms with van der Waals surface area (Å²) in [6, 6.07) is 10.1. The number of amides is 2. The predicted molar refractivity (Wildman–Crippen MR) is 106 cm³/mol. The SMILES string of the molecule is CC(=O)Nc1ccc(F)c(C(=O)N2CCC(Oc3c(C)cccc3C)CC2)c1. The number of anilines is 1. The standard InChI is InChI=1S/C22H25FN2O3/c1-14-5-4-6-15(2)21(14)28-18-9-11-25(12-10-18)22(27)19-13-17(24-16(3)26)7-8-20(19)23/h4-8,13,18H,9-12H2,1-3H3,(H,24,26). The van der Waals surface area contributed by atoms with Crippen LogP contribution < -0.4 is 10.1 Å². The van der Waals surface area contributed by atoms with Crippen LogP contribution in [0.25, 0.3) is 0 Å². The number of ether oxygens (including phenoxy) is 1. The summed E-state index contributed by atoms with van der Waals surface area (Å²) in [6.07, 6.45) is 1.40. The molecule has 0 unspecified atom stereocenters. The number of para-hydroxylation sites is 1. The fraction of sp³-hybridized carbons (Fsp3) is 0.364. The van der Waals surface area contributed by atoms with Crippen LogP contribution >= 0.6 is 0 Å². The van der Waals surface area contributed by atoms with Crippen molar-refractivity contribution in [2.24, 2.45) is 0 Å². The molecule has 0 aromatic heterocycles. The van der Waals surface area contributed by atoms with E-state index in [1.54, 1.807) is 4.90 Å². The minimum atomic E-state index is -0.590. The highest BCUT2D eigenvalue weighted by Crippen LogP contribution is 2.27. The van der Waals surface area contributed by atoms with E-state index in [1.165, 1.54) is 25.1 Å². The van der Waals surface area contributed by atoms with Crippen molar-refractivity contribution in [3.8, 4) is 5.75 Å². The number of likely N-dealkylation sites (tertiary alicyclic amines) is 1. The lowest BCUT2D eigenvalue weighted by Crippen LogP contribution is -2.42. The summed E-state index contributed by atoms with van der Waals surface area (Å²) in [7, 11) is 0. The maximum Gasteiger partial charge on any atom is 0.256 e. The minimum absolute atomic E-state index is 0.0272. The van der Waals surface area contributed by atoms with Crippen molar-refractivity contribution in [1.29, 1.82) is 0 Å². The van der Waals surface area contributed by atoms with E-state index in [4.69, 9.17) is 4.74 Å². The van der Waals surface area contributed by atoms with Gasteiger partial charge in [-0.05, 0) is 43.2 Å². The van der Waals surface area contributed by atoms with Gasteiger partial charge in [0, 0.05) is 38.5 Å². The first-order valence-corrected chi connectivity index (χ1v) is 9.44. The summed E-state index contributed by atoms with van der Waals surface area (Å²) < 4.78 is 20.4. The minimum Gasteiger partial charge on any atom is -0.490 e. The fourth-order valence-corrected chi connectivity index (χ4v) is 3.47. The number of aryl methyl sites for hydroxylation is 2. The molecule has 1 saturated heterocycles. The molecule has 2 aromatic rings. The zero-order valence-electron chi connectivity index (χ0n) is 16.4. The molecule has 1 aliphatic rings. The Morgan fingerprint density at radius 2 is 1.75 bits per heavy atom. The molecular formula is C22H25FN2O3. The van der Waals surface area contributed by atoms with Gasteiger partial charge in [-0.2, -0.15) is 0 Å². The van der Waals surface area contributed by atoms with E-state index in [9.17, 15) is 14.0 Å². The molecule has 3 rings (SSSR count). The van der Waals surface area contributed by atoms with Gasteiger partial charge in [-0.1, -0.05) is 18.2 Å². The van der Waals surface area contributed by atoms with E-state index < -0.39 is 5.82 Å². The van der Waals surface area contributed by atoms with Crippen LogP contribution in [-0.4, -0.2) is 35.9 Å². The molecule has 0 radical (unpaired) electrons. The monoisotopic (exact) mass is 384 g/mol. The lowest BCUT2D eigenvalue weighted by Gasteiger charge is -2.33. The molecule has 6 heteroatoms. The molecule has 0 saturated carbocycles. The highest BCUT2D eigenvalue weighted by Gasteiger charge is 2.27. The van der Waals surface area contributed by atoms with Gasteiger partial charge in [0.1, 0.15) is 17.7 Å². The van der Waals surface area contributed by atoms with E-state index in [0.717, 1.165) is 16.9 Å². The number of carbonyl (C=O) groups is 2. The van der Waals surface area contributed by atoms with E-state index in [-0.39, 0.29) is 23.5 Å². The van der Waals surface area contributed by atoms with E-state index in [2.05, 4.69) is 5.32 Å². The number of hydrogen-bond acceptors (Lipinski definition) is 3. The molecular weight excluding hydrogens is 359 g/mol. The number of halogens is 1. The predicted octanol–water partition coefficient (Wildman–Crippen LogP) is 4.08. The van der Waals surface area contributed by atoms with Gasteiger partial charge in [0.15, 0.2) is 0 Å². The van der Waals surface area contributed by atoms with Crippen molar-refractivity contribution in [1.82, 2.24) is 4.90 Å². The number of carbonyl (C=O) groups excluding carboxylic acids is 2. The van der Waals surface area contributed by atoms with Gasteiger partial charge in [0.05, 0.1) is 5.56 Å². The van der Waals surface area contributed by atoms with E-state index >= 15 is 0 Å². The van der Waals surface area contributed by atoms with Crippen LogP contribution in [0.15, 0.2) is 36.4 Å². The molecule has 0 spiro atoms. The maximum atomic E-state index is 14.2. The quantitative estimate of drug-likeness (QED) is 0.864. The number of nitrogens with zero attached hydrogens (tertiary/aromatic N) is 1. The van der Waals surface area contributed by atoms with Crippen molar-refractivity contribution in [2.75, 3.05) is 18.4 Å². The van der Waals surface area contributed by atoms with Crippen LogP contribution in [0.2, 0.25) is 0 Å². The maximum absolute atomic E-state index is 14.2. The second kappa shape index (κ2) is 8.42. The lowest BCUT2D eigenvalue weighted by molar-refractivity contribution is -0.114. The van der Waals surface area contributed by atoms with Gasteiger partial charge in [-0.15, -0.1) is 0 Å². The fourth-order valence-electron chi connectivity index (χ4n) is 3.47. The third-order valence-electron chi connectivity index (χ3n) is 4.94. The molecule has 1 aliphatic heterocycles. The zero-order valence-corrected chi connectivity index (χ0v) is 16.4. The molecule has 1 heterocycles. The molecule has 5 nitrogen and oxygen atoms in total. The summed E-state index contributed by atoms with van der Waals surface area (Å²) in [5.41, 5.74) is 2.57. The molecule has 0 aliphatic carbocycles. The number of benzene rings is 2. The van der Waals surface area contributed by atoms with E-state index in [1.807, 2.05) is 32.0 Å². The number of hydrogen-bond donors (Lipinski definition) is 1. The first kappa shape index (κ1) is 19.9. The molecule has 1 N–H and O–H groups in total. The largest absolute Gasteiger partial charge is 0.490 e. The Hall–Kier alpha value is -2.89. The Kier molecular flexibility index (Phi) is 5.97. The first-order chi connectivity index (χ1) is 13.3. The summed E-state index contributed by atoms with van der Waals surface area (Å²) >= 11 is 0. The summed E-state index contributed by atoms with van der Waals surface area (Å²) in [6.45, 7) is 6.40. The molecule has 0 bridgehead atoms. The van der Waals surface area contributed by atoms with Crippen LogP contribution in [0.3, 0.4) is 0 Å². The molecule has 2 amide bonds. The normalized spacial score (nSPS) is 14.6. The second-order valence-corrected chi connectivity index (χ2v) is 7.21. The Balaban J connectivity index is 1.65. The average molecular weight is 384 g/mol. The van der Waals surface area contributed by atoms with Crippen LogP contribution in [-0.2, 0) is 4.79 Å². The van der Waals surface area contributed by atoms with Gasteiger partial charge in [0.2, 0.25) is 5.91 Å². The summed E-state index contributed by atoms with van der Waals surface area (Å²) in [4.78, 5) is 25.6. The summed E-state index contributed by atoms with van der Waals surface area (Å²) in [5, 5.41) is 2.58. The number of piperidine rings is 1. The smallest absolute Gasteiger partial charge is 0.256 e. The highest BCUT2D eigenvalue weighted by molar-refractivity contribution is 5.97. The van der Waals surface area contributed by atoms with Crippen LogP contribution in [0.5, 0.6) is 5.75 Å². The van der Waals surface area contributed by atoms with Crippen molar-refractivity contribution in [3.05, 3.63) is 58.9 Å². The lowest BCUT2D eigenvalue weighted by atomic mass is 10.0. The van der Waals surface area contributed by atoms with Crippen molar-refractivity contribution in [2.45, 2.75) is 39.7 Å². The Morgan fingerprint density at radius 1 is 1.11 bits per heavy atom. The topological polar surface area (TPSA) is 58.6 Å². The summed E-state index contributed by atoms with van der Waals surface area (Å²) in [5.74, 6) is -0.320. The Labute approximate surface area is 164 Å². The average Bonchev–Trinajstić information content (AvgIpc) is 2.66. The van der Waals surface area contributed by atoms with Gasteiger partial charge in [-0.25, -0.2) is 4.39 Å². The zero-order chi connectivity index (χ0) is 20.3. The molecule has 2 aromatic carbocycles. The van der Waals surface area contributed by atoms with Gasteiger partial charge >= 0.3 is 0 Å². The van der Waals surface area contributed by atoms with Gasteiger partial charge in [0.25, 0.3) is 5.91 Å². The molecule has 1 fully saturated rings. The van der Waals surface area contributed by atoms with Crippen molar-refractivity contribution in [3.63, 3.8) is 0 Å². The van der Waals surface area contributed by atoms with Crippen LogP contribution in [0.4, 0.5) is 10.1 Å². The Bertz CT molecular complexity index is 869. The van der Waals surface area contributed by atoms with Crippen molar-refractivity contribution >= 4 is 17.5 Å². The number of nitrogens with one attached hydrogen (secondary N) is 1. The third-order valence-corrected chi connectivity index (χ3v) is 4.94. The Morgan fingerprint density at radius 3 is 2.36 bits per heavy atom. The van der Waals surface area contributed by atoms with Crippen LogP contribution in [0, 0.1) is 19.7 Å².